The first kappa shape index (κ1) is 14.9. The van der Waals surface area contributed by atoms with Crippen LogP contribution >= 0.6 is 11.8 Å². The average Bonchev–Trinajstić information content (AvgIpc) is 2.45. The van der Waals surface area contributed by atoms with Crippen molar-refractivity contribution in [1.29, 1.82) is 0 Å². The van der Waals surface area contributed by atoms with Gasteiger partial charge >= 0.3 is 0 Å². The topological polar surface area (TPSA) is 66.5 Å². The second-order valence-electron chi connectivity index (χ2n) is 5.40. The number of thioether (sulfide) groups is 1. The molecule has 1 aliphatic rings. The molecule has 1 aromatic carbocycles. The maximum Gasteiger partial charge on any atom is 0.0912 e. The molecule has 1 fully saturated rings. The first-order chi connectivity index (χ1) is 9.13. The molecule has 1 saturated carbocycles. The van der Waals surface area contributed by atoms with E-state index in [1.165, 1.54) is 6.42 Å². The zero-order valence-electron chi connectivity index (χ0n) is 11.2. The van der Waals surface area contributed by atoms with Gasteiger partial charge in [-0.1, -0.05) is 31.4 Å². The van der Waals surface area contributed by atoms with Gasteiger partial charge in [0, 0.05) is 17.2 Å². The van der Waals surface area contributed by atoms with Gasteiger partial charge in [0.05, 0.1) is 11.7 Å². The number of hydrogen-bond donors (Lipinski definition) is 3. The Hall–Kier alpha value is -0.550. The van der Waals surface area contributed by atoms with Crippen LogP contribution in [0.2, 0.25) is 0 Å². The maximum atomic E-state index is 10.5. The van der Waals surface area contributed by atoms with E-state index in [0.717, 1.165) is 41.9 Å². The van der Waals surface area contributed by atoms with Gasteiger partial charge in [-0.2, -0.15) is 0 Å². The molecule has 0 aliphatic heterocycles. The van der Waals surface area contributed by atoms with Gasteiger partial charge in [-0.15, -0.1) is 11.8 Å². The van der Waals surface area contributed by atoms with Crippen molar-refractivity contribution >= 4 is 11.8 Å². The molecular formula is C15H23NO2S. The number of aliphatic hydroxyl groups is 2. The lowest BCUT2D eigenvalue weighted by Gasteiger charge is -2.31. The normalized spacial score (nSPS) is 20.2. The minimum absolute atomic E-state index is 0.234. The zero-order chi connectivity index (χ0) is 13.7. The Bertz CT molecular complexity index is 405. The van der Waals surface area contributed by atoms with Gasteiger partial charge < -0.3 is 15.9 Å². The number of hydrogen-bond acceptors (Lipinski definition) is 4. The first-order valence-corrected chi connectivity index (χ1v) is 7.95. The summed E-state index contributed by atoms with van der Waals surface area (Å²) in [7, 11) is 0. The highest BCUT2D eigenvalue weighted by atomic mass is 32.2. The van der Waals surface area contributed by atoms with Crippen LogP contribution in [0.25, 0.3) is 0 Å². The standard InChI is InChI=1S/C15H23NO2S/c16-10-14(17)12-5-4-6-13(9-12)19-11-15(18)7-2-1-3-8-15/h4-6,9,14,17-18H,1-3,7-8,10-11,16H2. The number of benzene rings is 1. The Balaban J connectivity index is 1.95. The molecule has 1 unspecified atom stereocenters. The van der Waals surface area contributed by atoms with E-state index in [4.69, 9.17) is 5.73 Å². The fourth-order valence-electron chi connectivity index (χ4n) is 2.52. The third-order valence-electron chi connectivity index (χ3n) is 3.76. The van der Waals surface area contributed by atoms with Crippen molar-refractivity contribution < 1.29 is 10.2 Å². The molecule has 0 radical (unpaired) electrons. The van der Waals surface area contributed by atoms with Crippen LogP contribution in [-0.4, -0.2) is 28.1 Å². The van der Waals surface area contributed by atoms with E-state index in [-0.39, 0.29) is 6.54 Å². The summed E-state index contributed by atoms with van der Waals surface area (Å²) in [6.07, 6.45) is 4.71. The van der Waals surface area contributed by atoms with E-state index in [2.05, 4.69) is 0 Å². The summed E-state index contributed by atoms with van der Waals surface area (Å²) in [4.78, 5) is 1.09. The Kier molecular flexibility index (Phi) is 5.28. The molecule has 106 valence electrons. The van der Waals surface area contributed by atoms with Crippen molar-refractivity contribution in [1.82, 2.24) is 0 Å². The highest BCUT2D eigenvalue weighted by Crippen LogP contribution is 2.34. The van der Waals surface area contributed by atoms with Gasteiger partial charge in [-0.25, -0.2) is 0 Å². The van der Waals surface area contributed by atoms with Crippen LogP contribution in [0.3, 0.4) is 0 Å². The molecule has 0 spiro atoms. The quantitative estimate of drug-likeness (QED) is 0.725. The van der Waals surface area contributed by atoms with Gasteiger partial charge in [0.15, 0.2) is 0 Å². The van der Waals surface area contributed by atoms with Gasteiger partial charge in [-0.3, -0.25) is 0 Å². The molecule has 0 bridgehead atoms. The molecular weight excluding hydrogens is 258 g/mol. The fraction of sp³-hybridized carbons (Fsp3) is 0.600. The van der Waals surface area contributed by atoms with Crippen molar-refractivity contribution in [2.75, 3.05) is 12.3 Å². The monoisotopic (exact) mass is 281 g/mol. The van der Waals surface area contributed by atoms with Gasteiger partial charge in [0.2, 0.25) is 0 Å². The summed E-state index contributed by atoms with van der Waals surface area (Å²) in [5, 5.41) is 20.2. The number of nitrogens with two attached hydrogens (primary N) is 1. The lowest BCUT2D eigenvalue weighted by Crippen LogP contribution is -2.33. The number of rotatable bonds is 5. The van der Waals surface area contributed by atoms with Crippen molar-refractivity contribution in [3.63, 3.8) is 0 Å². The minimum Gasteiger partial charge on any atom is -0.389 e. The highest BCUT2D eigenvalue weighted by Gasteiger charge is 2.29. The van der Waals surface area contributed by atoms with Crippen molar-refractivity contribution in [3.05, 3.63) is 29.8 Å². The van der Waals surface area contributed by atoms with Crippen LogP contribution in [0.1, 0.15) is 43.8 Å². The minimum atomic E-state index is -0.599. The van der Waals surface area contributed by atoms with Crippen LogP contribution < -0.4 is 5.73 Å². The largest absolute Gasteiger partial charge is 0.389 e. The predicted molar refractivity (Wildman–Crippen MR) is 79.2 cm³/mol. The van der Waals surface area contributed by atoms with E-state index in [0.29, 0.717) is 0 Å². The molecule has 19 heavy (non-hydrogen) atoms. The maximum absolute atomic E-state index is 10.5. The van der Waals surface area contributed by atoms with Crippen LogP contribution in [0.4, 0.5) is 0 Å². The van der Waals surface area contributed by atoms with Crippen LogP contribution in [0.5, 0.6) is 0 Å². The van der Waals surface area contributed by atoms with Crippen LogP contribution in [0, 0.1) is 0 Å². The molecule has 1 aliphatic carbocycles. The lowest BCUT2D eigenvalue weighted by molar-refractivity contribution is 0.0273. The first-order valence-electron chi connectivity index (χ1n) is 6.96. The van der Waals surface area contributed by atoms with E-state index < -0.39 is 11.7 Å². The Morgan fingerprint density at radius 3 is 2.68 bits per heavy atom. The van der Waals surface area contributed by atoms with Crippen LogP contribution in [-0.2, 0) is 0 Å². The molecule has 0 aromatic heterocycles. The van der Waals surface area contributed by atoms with E-state index in [9.17, 15) is 10.2 Å². The number of aliphatic hydroxyl groups excluding tert-OH is 1. The summed E-state index contributed by atoms with van der Waals surface area (Å²) in [5.41, 5.74) is 5.81. The Morgan fingerprint density at radius 2 is 2.00 bits per heavy atom. The molecule has 4 N–H and O–H groups in total. The Morgan fingerprint density at radius 1 is 1.26 bits per heavy atom. The van der Waals surface area contributed by atoms with E-state index in [1.807, 2.05) is 24.3 Å². The summed E-state index contributed by atoms with van der Waals surface area (Å²) in [6.45, 7) is 0.234. The molecule has 1 atom stereocenters. The molecule has 1 aromatic rings. The van der Waals surface area contributed by atoms with Crippen molar-refractivity contribution in [3.8, 4) is 0 Å². The van der Waals surface area contributed by atoms with Gasteiger partial charge in [0.1, 0.15) is 0 Å². The summed E-state index contributed by atoms with van der Waals surface area (Å²) >= 11 is 1.67. The SMILES string of the molecule is NCC(O)c1cccc(SCC2(O)CCCCC2)c1. The molecule has 4 heteroatoms. The summed E-state index contributed by atoms with van der Waals surface area (Å²) < 4.78 is 0. The lowest BCUT2D eigenvalue weighted by atomic mass is 9.86. The van der Waals surface area contributed by atoms with Crippen molar-refractivity contribution in [2.24, 2.45) is 5.73 Å². The smallest absolute Gasteiger partial charge is 0.0912 e. The third kappa shape index (κ3) is 4.21. The third-order valence-corrected chi connectivity index (χ3v) is 5.03. The highest BCUT2D eigenvalue weighted by molar-refractivity contribution is 7.99. The molecule has 0 saturated heterocycles. The average molecular weight is 281 g/mol. The van der Waals surface area contributed by atoms with Gasteiger partial charge in [0.25, 0.3) is 0 Å². The second kappa shape index (κ2) is 6.75. The molecule has 0 heterocycles. The van der Waals surface area contributed by atoms with E-state index >= 15 is 0 Å². The summed E-state index contributed by atoms with van der Waals surface area (Å²) in [5.74, 6) is 0.731. The molecule has 2 rings (SSSR count). The Labute approximate surface area is 119 Å². The van der Waals surface area contributed by atoms with Crippen LogP contribution in [0.15, 0.2) is 29.2 Å². The van der Waals surface area contributed by atoms with Crippen molar-refractivity contribution in [2.45, 2.75) is 48.7 Å². The van der Waals surface area contributed by atoms with Gasteiger partial charge in [-0.05, 0) is 30.5 Å². The molecule has 3 nitrogen and oxygen atoms in total. The summed E-state index contributed by atoms with van der Waals surface area (Å²) in [6, 6.07) is 7.80. The zero-order valence-corrected chi connectivity index (χ0v) is 12.0. The predicted octanol–water partition coefficient (Wildman–Crippen LogP) is 2.47. The fourth-order valence-corrected chi connectivity index (χ4v) is 3.64. The second-order valence-corrected chi connectivity index (χ2v) is 6.45. The molecule has 0 amide bonds. The van der Waals surface area contributed by atoms with E-state index in [1.54, 1.807) is 11.8 Å².